The average Bonchev–Trinajstić information content (AvgIpc) is 3.32. The monoisotopic (exact) mass is 273 g/mol. The molecule has 0 amide bonds. The lowest BCUT2D eigenvalue weighted by Crippen LogP contribution is -2.36. The second-order valence-corrected chi connectivity index (χ2v) is 6.62. The second kappa shape index (κ2) is 6.17. The van der Waals surface area contributed by atoms with Crippen LogP contribution >= 0.6 is 0 Å². The molecule has 2 aliphatic carbocycles. The first-order valence-electron chi connectivity index (χ1n) is 8.16. The van der Waals surface area contributed by atoms with Gasteiger partial charge in [0.1, 0.15) is 5.75 Å². The summed E-state index contributed by atoms with van der Waals surface area (Å²) >= 11 is 0. The standard InChI is InChI=1S/C18H27NO/c1-13(14-8-10-18(20-2)11-9-14)19-17-5-3-4-16(12-17)15-6-7-15/h8-11,13,15-17,19H,3-7,12H2,1-2H3/t13-,16?,17?/m1/s1. The number of benzene rings is 1. The Bertz CT molecular complexity index is 424. The van der Waals surface area contributed by atoms with E-state index in [1.807, 2.05) is 0 Å². The number of rotatable bonds is 5. The molecule has 0 aromatic heterocycles. The minimum absolute atomic E-state index is 0.434. The first kappa shape index (κ1) is 13.9. The van der Waals surface area contributed by atoms with Gasteiger partial charge in [0.05, 0.1) is 7.11 Å². The van der Waals surface area contributed by atoms with Crippen molar-refractivity contribution in [2.24, 2.45) is 11.8 Å². The molecule has 1 N–H and O–H groups in total. The van der Waals surface area contributed by atoms with Crippen molar-refractivity contribution in [1.82, 2.24) is 5.32 Å². The molecule has 2 aliphatic rings. The van der Waals surface area contributed by atoms with Crippen LogP contribution in [0, 0.1) is 11.8 Å². The SMILES string of the molecule is COc1ccc([C@@H](C)NC2CCCC(C3CC3)C2)cc1. The van der Waals surface area contributed by atoms with Crippen LogP contribution in [0.3, 0.4) is 0 Å². The summed E-state index contributed by atoms with van der Waals surface area (Å²) in [6, 6.07) is 9.62. The number of hydrogen-bond donors (Lipinski definition) is 1. The lowest BCUT2D eigenvalue weighted by atomic mass is 9.82. The highest BCUT2D eigenvalue weighted by Crippen LogP contribution is 2.44. The molecule has 0 spiro atoms. The number of ether oxygens (including phenoxy) is 1. The van der Waals surface area contributed by atoms with E-state index in [0.29, 0.717) is 12.1 Å². The normalized spacial score (nSPS) is 28.1. The largest absolute Gasteiger partial charge is 0.497 e. The lowest BCUT2D eigenvalue weighted by molar-refractivity contribution is 0.249. The van der Waals surface area contributed by atoms with Gasteiger partial charge in [-0.3, -0.25) is 0 Å². The van der Waals surface area contributed by atoms with E-state index in [4.69, 9.17) is 4.74 Å². The van der Waals surface area contributed by atoms with Crippen molar-refractivity contribution in [3.05, 3.63) is 29.8 Å². The molecule has 1 aromatic rings. The third kappa shape index (κ3) is 3.35. The molecule has 1 aromatic carbocycles. The van der Waals surface area contributed by atoms with Crippen molar-refractivity contribution < 1.29 is 4.74 Å². The van der Waals surface area contributed by atoms with Crippen LogP contribution in [0.2, 0.25) is 0 Å². The van der Waals surface area contributed by atoms with Gasteiger partial charge in [0.25, 0.3) is 0 Å². The Hall–Kier alpha value is -1.02. The molecule has 2 saturated carbocycles. The van der Waals surface area contributed by atoms with E-state index in [0.717, 1.165) is 17.6 Å². The second-order valence-electron chi connectivity index (χ2n) is 6.62. The van der Waals surface area contributed by atoms with Crippen LogP contribution in [0.15, 0.2) is 24.3 Å². The minimum atomic E-state index is 0.434. The Balaban J connectivity index is 1.55. The molecule has 3 rings (SSSR count). The first-order chi connectivity index (χ1) is 9.76. The van der Waals surface area contributed by atoms with Gasteiger partial charge in [-0.15, -0.1) is 0 Å². The van der Waals surface area contributed by atoms with Gasteiger partial charge in [-0.1, -0.05) is 25.0 Å². The average molecular weight is 273 g/mol. The quantitative estimate of drug-likeness (QED) is 0.863. The van der Waals surface area contributed by atoms with E-state index in [1.54, 1.807) is 7.11 Å². The highest BCUT2D eigenvalue weighted by atomic mass is 16.5. The Morgan fingerprint density at radius 1 is 1.05 bits per heavy atom. The highest BCUT2D eigenvalue weighted by molar-refractivity contribution is 5.28. The zero-order chi connectivity index (χ0) is 13.9. The molecule has 2 heteroatoms. The fourth-order valence-corrected chi connectivity index (χ4v) is 3.72. The fraction of sp³-hybridized carbons (Fsp3) is 0.667. The van der Waals surface area contributed by atoms with E-state index in [2.05, 4.69) is 36.5 Å². The van der Waals surface area contributed by atoms with E-state index in [-0.39, 0.29) is 0 Å². The Morgan fingerprint density at radius 2 is 1.80 bits per heavy atom. The molecule has 2 unspecified atom stereocenters. The molecule has 0 heterocycles. The molecule has 2 fully saturated rings. The molecular formula is C18H27NO. The van der Waals surface area contributed by atoms with Crippen molar-refractivity contribution in [3.63, 3.8) is 0 Å². The van der Waals surface area contributed by atoms with E-state index in [1.165, 1.54) is 44.1 Å². The van der Waals surface area contributed by atoms with Gasteiger partial charge in [-0.05, 0) is 62.1 Å². The van der Waals surface area contributed by atoms with Crippen LogP contribution in [0.1, 0.15) is 57.1 Å². The van der Waals surface area contributed by atoms with Crippen molar-refractivity contribution in [1.29, 1.82) is 0 Å². The van der Waals surface area contributed by atoms with Crippen molar-refractivity contribution in [2.75, 3.05) is 7.11 Å². The molecule has 110 valence electrons. The van der Waals surface area contributed by atoms with Gasteiger partial charge in [-0.2, -0.15) is 0 Å². The summed E-state index contributed by atoms with van der Waals surface area (Å²) < 4.78 is 5.23. The molecule has 2 nitrogen and oxygen atoms in total. The van der Waals surface area contributed by atoms with Crippen molar-refractivity contribution in [3.8, 4) is 5.75 Å². The van der Waals surface area contributed by atoms with Crippen LogP contribution < -0.4 is 10.1 Å². The molecule has 0 aliphatic heterocycles. The number of methoxy groups -OCH3 is 1. The maximum Gasteiger partial charge on any atom is 0.118 e. The van der Waals surface area contributed by atoms with Gasteiger partial charge in [-0.25, -0.2) is 0 Å². The first-order valence-corrected chi connectivity index (χ1v) is 8.16. The van der Waals surface area contributed by atoms with Gasteiger partial charge in [0, 0.05) is 12.1 Å². The summed E-state index contributed by atoms with van der Waals surface area (Å²) in [6.07, 6.45) is 8.61. The van der Waals surface area contributed by atoms with Crippen LogP contribution in [0.5, 0.6) is 5.75 Å². The van der Waals surface area contributed by atoms with Gasteiger partial charge >= 0.3 is 0 Å². The van der Waals surface area contributed by atoms with Gasteiger partial charge in [0.15, 0.2) is 0 Å². The molecule has 3 atom stereocenters. The van der Waals surface area contributed by atoms with Gasteiger partial charge in [0.2, 0.25) is 0 Å². The highest BCUT2D eigenvalue weighted by Gasteiger charge is 2.34. The molecule has 0 bridgehead atoms. The van der Waals surface area contributed by atoms with Gasteiger partial charge < -0.3 is 10.1 Å². The number of hydrogen-bond acceptors (Lipinski definition) is 2. The van der Waals surface area contributed by atoms with E-state index in [9.17, 15) is 0 Å². The van der Waals surface area contributed by atoms with Crippen LogP contribution in [-0.4, -0.2) is 13.2 Å². The van der Waals surface area contributed by atoms with Crippen molar-refractivity contribution in [2.45, 2.75) is 57.5 Å². The van der Waals surface area contributed by atoms with Crippen molar-refractivity contribution >= 4 is 0 Å². The van der Waals surface area contributed by atoms with E-state index >= 15 is 0 Å². The Kier molecular flexibility index (Phi) is 4.30. The van der Waals surface area contributed by atoms with Crippen LogP contribution in [-0.2, 0) is 0 Å². The molecular weight excluding hydrogens is 246 g/mol. The summed E-state index contributed by atoms with van der Waals surface area (Å²) in [4.78, 5) is 0. The fourth-order valence-electron chi connectivity index (χ4n) is 3.72. The Morgan fingerprint density at radius 3 is 2.45 bits per heavy atom. The molecule has 20 heavy (non-hydrogen) atoms. The zero-order valence-electron chi connectivity index (χ0n) is 12.8. The maximum atomic E-state index is 5.23. The summed E-state index contributed by atoms with van der Waals surface area (Å²) in [5.74, 6) is 3.01. The summed E-state index contributed by atoms with van der Waals surface area (Å²) in [5, 5.41) is 3.84. The predicted molar refractivity (Wildman–Crippen MR) is 83.0 cm³/mol. The smallest absolute Gasteiger partial charge is 0.118 e. The topological polar surface area (TPSA) is 21.3 Å². The third-order valence-corrected chi connectivity index (χ3v) is 5.10. The molecule has 0 saturated heterocycles. The zero-order valence-corrected chi connectivity index (χ0v) is 12.8. The predicted octanol–water partition coefficient (Wildman–Crippen LogP) is 4.31. The minimum Gasteiger partial charge on any atom is -0.497 e. The maximum absolute atomic E-state index is 5.23. The number of nitrogens with one attached hydrogen (secondary N) is 1. The summed E-state index contributed by atoms with van der Waals surface area (Å²) in [5.41, 5.74) is 1.36. The summed E-state index contributed by atoms with van der Waals surface area (Å²) in [7, 11) is 1.72. The molecule has 0 radical (unpaired) electrons. The summed E-state index contributed by atoms with van der Waals surface area (Å²) in [6.45, 7) is 2.28. The third-order valence-electron chi connectivity index (χ3n) is 5.10. The van der Waals surface area contributed by atoms with Crippen LogP contribution in [0.4, 0.5) is 0 Å². The lowest BCUT2D eigenvalue weighted by Gasteiger charge is -2.32. The van der Waals surface area contributed by atoms with Crippen LogP contribution in [0.25, 0.3) is 0 Å². The Labute approximate surface area is 122 Å². The van der Waals surface area contributed by atoms with E-state index < -0.39 is 0 Å².